The second kappa shape index (κ2) is 15.4. The van der Waals surface area contributed by atoms with Crippen molar-refractivity contribution in [1.82, 2.24) is 10.9 Å². The van der Waals surface area contributed by atoms with E-state index in [0.717, 1.165) is 0 Å². The maximum Gasteiger partial charge on any atom is 0.269 e. The first-order valence-corrected chi connectivity index (χ1v) is 9.17. The van der Waals surface area contributed by atoms with E-state index in [1.54, 1.807) is 14.2 Å². The van der Waals surface area contributed by atoms with Gasteiger partial charge in [-0.1, -0.05) is 0 Å². The molecular weight excluding hydrogens is 400 g/mol. The Hall–Kier alpha value is -2.48. The van der Waals surface area contributed by atoms with E-state index in [0.29, 0.717) is 26.4 Å². The van der Waals surface area contributed by atoms with Crippen LogP contribution in [0.2, 0.25) is 0 Å². The van der Waals surface area contributed by atoms with Gasteiger partial charge in [-0.25, -0.2) is 11.7 Å². The number of carbonyl (C=O) groups excluding carboxylic acids is 2. The fourth-order valence-corrected chi connectivity index (χ4v) is 2.22. The summed E-state index contributed by atoms with van der Waals surface area (Å²) >= 11 is 0. The summed E-state index contributed by atoms with van der Waals surface area (Å²) in [6.07, 6.45) is 0. The Bertz CT molecular complexity index is 604. The van der Waals surface area contributed by atoms with Gasteiger partial charge >= 0.3 is 0 Å². The molecule has 0 heterocycles. The molecule has 0 aromatic heterocycles. The summed E-state index contributed by atoms with van der Waals surface area (Å²) in [6, 6.07) is 2.70. The number of hydrazine groups is 2. The zero-order valence-corrected chi connectivity index (χ0v) is 17.2. The molecule has 170 valence electrons. The van der Waals surface area contributed by atoms with Crippen LogP contribution in [0.1, 0.15) is 20.7 Å². The summed E-state index contributed by atoms with van der Waals surface area (Å²) in [5.41, 5.74) is 4.23. The zero-order chi connectivity index (χ0) is 22.2. The van der Waals surface area contributed by atoms with E-state index < -0.39 is 11.8 Å². The first-order chi connectivity index (χ1) is 14.6. The summed E-state index contributed by atoms with van der Waals surface area (Å²) in [5.74, 6) is 9.52. The number of nitrogen functional groups attached to an aromatic ring is 2. The van der Waals surface area contributed by atoms with E-state index >= 15 is 0 Å². The maximum absolute atomic E-state index is 12.2. The Morgan fingerprint density at radius 1 is 0.700 bits per heavy atom. The third-order valence-corrected chi connectivity index (χ3v) is 3.67. The summed E-state index contributed by atoms with van der Waals surface area (Å²) in [5, 5.41) is 0. The molecule has 6 N–H and O–H groups in total. The van der Waals surface area contributed by atoms with E-state index in [1.165, 1.54) is 12.1 Å². The molecule has 0 fully saturated rings. The molecule has 0 aliphatic heterocycles. The Labute approximate surface area is 175 Å². The first-order valence-electron chi connectivity index (χ1n) is 9.17. The van der Waals surface area contributed by atoms with Gasteiger partial charge in [0, 0.05) is 14.2 Å². The summed E-state index contributed by atoms with van der Waals surface area (Å²) in [7, 11) is 3.13. The van der Waals surface area contributed by atoms with Crippen molar-refractivity contribution >= 4 is 11.8 Å². The molecule has 0 saturated carbocycles. The Kier molecular flexibility index (Phi) is 13.1. The van der Waals surface area contributed by atoms with Gasteiger partial charge in [0.25, 0.3) is 11.8 Å². The largest absolute Gasteiger partial charge is 0.490 e. The minimum Gasteiger partial charge on any atom is -0.490 e. The fourth-order valence-electron chi connectivity index (χ4n) is 2.22. The molecule has 0 aliphatic rings. The SMILES string of the molecule is COCCOCCOc1cc(C(=O)NN)c(OCCOCCOC)cc1C(=O)NN. The van der Waals surface area contributed by atoms with Gasteiger partial charge in [-0.2, -0.15) is 0 Å². The smallest absolute Gasteiger partial charge is 0.269 e. The van der Waals surface area contributed by atoms with Crippen molar-refractivity contribution < 1.29 is 38.0 Å². The number of hydrogen-bond donors (Lipinski definition) is 4. The van der Waals surface area contributed by atoms with Crippen LogP contribution in [0.5, 0.6) is 11.5 Å². The number of rotatable bonds is 16. The lowest BCUT2D eigenvalue weighted by atomic mass is 10.1. The summed E-state index contributed by atoms with van der Waals surface area (Å²) < 4.78 is 31.6. The molecule has 0 unspecified atom stereocenters. The molecule has 0 bridgehead atoms. The van der Waals surface area contributed by atoms with Crippen LogP contribution < -0.4 is 32.0 Å². The van der Waals surface area contributed by atoms with Crippen molar-refractivity contribution in [3.05, 3.63) is 23.3 Å². The molecule has 12 heteroatoms. The molecular formula is C18H30N4O8. The first kappa shape index (κ1) is 25.6. The van der Waals surface area contributed by atoms with Crippen LogP contribution in [0.3, 0.4) is 0 Å². The molecule has 0 aliphatic carbocycles. The highest BCUT2D eigenvalue weighted by Crippen LogP contribution is 2.29. The topological polar surface area (TPSA) is 166 Å². The lowest BCUT2D eigenvalue weighted by molar-refractivity contribution is 0.0534. The minimum atomic E-state index is -0.619. The predicted octanol–water partition coefficient (Wildman–Crippen LogP) is -1.02. The van der Waals surface area contributed by atoms with Gasteiger partial charge in [0.2, 0.25) is 0 Å². The van der Waals surface area contributed by atoms with Gasteiger partial charge in [0.15, 0.2) is 0 Å². The third kappa shape index (κ3) is 8.90. The predicted molar refractivity (Wildman–Crippen MR) is 106 cm³/mol. The van der Waals surface area contributed by atoms with Gasteiger partial charge in [-0.15, -0.1) is 0 Å². The number of ether oxygens (including phenoxy) is 6. The Balaban J connectivity index is 2.92. The second-order valence-electron chi connectivity index (χ2n) is 5.70. The van der Waals surface area contributed by atoms with Crippen LogP contribution in [-0.2, 0) is 18.9 Å². The van der Waals surface area contributed by atoms with Crippen LogP contribution in [-0.4, -0.2) is 78.9 Å². The number of carbonyl (C=O) groups is 2. The van der Waals surface area contributed by atoms with Crippen LogP contribution in [0.25, 0.3) is 0 Å². The minimum absolute atomic E-state index is 0.0817. The van der Waals surface area contributed by atoms with E-state index in [1.807, 2.05) is 10.9 Å². The number of nitrogens with two attached hydrogens (primary N) is 2. The maximum atomic E-state index is 12.2. The lowest BCUT2D eigenvalue weighted by Crippen LogP contribution is -2.32. The summed E-state index contributed by atoms with van der Waals surface area (Å²) in [4.78, 5) is 24.4. The van der Waals surface area contributed by atoms with Gasteiger partial charge in [0.05, 0.1) is 50.8 Å². The second-order valence-corrected chi connectivity index (χ2v) is 5.70. The standard InChI is InChI=1S/C18H30N4O8/c1-25-3-5-27-7-9-29-15-11-14(18(24)22-20)16(12-13(15)17(23)21-19)30-10-8-28-6-4-26-2/h11-12H,3-10,19-20H2,1-2H3,(H,21,23)(H,22,24). The highest BCUT2D eigenvalue weighted by Gasteiger charge is 2.21. The van der Waals surface area contributed by atoms with Gasteiger partial charge < -0.3 is 28.4 Å². The monoisotopic (exact) mass is 430 g/mol. The highest BCUT2D eigenvalue weighted by molar-refractivity contribution is 6.02. The van der Waals surface area contributed by atoms with Gasteiger partial charge in [0.1, 0.15) is 24.7 Å². The number of nitrogens with one attached hydrogen (secondary N) is 2. The summed E-state index contributed by atoms with van der Waals surface area (Å²) in [6.45, 7) is 2.46. The van der Waals surface area contributed by atoms with E-state index in [9.17, 15) is 9.59 Å². The average molecular weight is 430 g/mol. The number of methoxy groups -OCH3 is 2. The number of amides is 2. The third-order valence-electron chi connectivity index (χ3n) is 3.67. The molecule has 0 spiro atoms. The van der Waals surface area contributed by atoms with Crippen LogP contribution >= 0.6 is 0 Å². The molecule has 0 saturated heterocycles. The normalized spacial score (nSPS) is 10.5. The van der Waals surface area contributed by atoms with Crippen molar-refractivity contribution in [2.24, 2.45) is 11.7 Å². The Morgan fingerprint density at radius 3 is 1.40 bits per heavy atom. The molecule has 30 heavy (non-hydrogen) atoms. The van der Waals surface area contributed by atoms with Gasteiger partial charge in [-0.05, 0) is 12.1 Å². The molecule has 1 rings (SSSR count). The van der Waals surface area contributed by atoms with E-state index in [2.05, 4.69) is 0 Å². The lowest BCUT2D eigenvalue weighted by Gasteiger charge is -2.16. The van der Waals surface area contributed by atoms with Crippen molar-refractivity contribution in [3.63, 3.8) is 0 Å². The van der Waals surface area contributed by atoms with Crippen LogP contribution in [0.4, 0.5) is 0 Å². The van der Waals surface area contributed by atoms with Crippen molar-refractivity contribution in [2.45, 2.75) is 0 Å². The molecule has 0 atom stereocenters. The molecule has 1 aromatic rings. The Morgan fingerprint density at radius 2 is 1.07 bits per heavy atom. The average Bonchev–Trinajstić information content (AvgIpc) is 2.77. The van der Waals surface area contributed by atoms with E-state index in [-0.39, 0.29) is 49.1 Å². The molecule has 1 aromatic carbocycles. The van der Waals surface area contributed by atoms with Crippen LogP contribution in [0, 0.1) is 0 Å². The fraction of sp³-hybridized carbons (Fsp3) is 0.556. The number of hydrogen-bond acceptors (Lipinski definition) is 10. The molecule has 2 amide bonds. The van der Waals surface area contributed by atoms with Crippen molar-refractivity contribution in [3.8, 4) is 11.5 Å². The molecule has 12 nitrogen and oxygen atoms in total. The number of benzene rings is 1. The molecule has 0 radical (unpaired) electrons. The van der Waals surface area contributed by atoms with Crippen molar-refractivity contribution in [2.75, 3.05) is 67.1 Å². The zero-order valence-electron chi connectivity index (χ0n) is 17.2. The van der Waals surface area contributed by atoms with Crippen molar-refractivity contribution in [1.29, 1.82) is 0 Å². The van der Waals surface area contributed by atoms with E-state index in [4.69, 9.17) is 40.1 Å². The van der Waals surface area contributed by atoms with Gasteiger partial charge in [-0.3, -0.25) is 20.4 Å². The van der Waals surface area contributed by atoms with Crippen LogP contribution in [0.15, 0.2) is 12.1 Å². The highest BCUT2D eigenvalue weighted by atomic mass is 16.5. The quantitative estimate of drug-likeness (QED) is 0.110.